The Bertz CT molecular complexity index is 1810. The summed E-state index contributed by atoms with van der Waals surface area (Å²) in [5.74, 6) is -3.08. The van der Waals surface area contributed by atoms with Crippen molar-refractivity contribution in [3.8, 4) is 17.1 Å². The van der Waals surface area contributed by atoms with Crippen molar-refractivity contribution in [3.05, 3.63) is 106 Å². The number of benzene rings is 2. The molecule has 0 bridgehead atoms. The second kappa shape index (κ2) is 11.4. The van der Waals surface area contributed by atoms with Crippen LogP contribution < -0.4 is 4.74 Å². The highest BCUT2D eigenvalue weighted by atomic mass is 35.5. The van der Waals surface area contributed by atoms with E-state index >= 15 is 8.78 Å². The van der Waals surface area contributed by atoms with Crippen LogP contribution in [0.1, 0.15) is 33.7 Å². The van der Waals surface area contributed by atoms with E-state index < -0.39 is 23.4 Å². The normalized spacial score (nSPS) is 14.6. The number of hydrogen-bond acceptors (Lipinski definition) is 6. The molecule has 12 heteroatoms. The van der Waals surface area contributed by atoms with Gasteiger partial charge in [-0.15, -0.1) is 0 Å². The Morgan fingerprint density at radius 2 is 1.90 bits per heavy atom. The summed E-state index contributed by atoms with van der Waals surface area (Å²) in [6, 6.07) is 12.4. The molecule has 8 nitrogen and oxygen atoms in total. The van der Waals surface area contributed by atoms with Crippen LogP contribution in [0.25, 0.3) is 22.3 Å². The summed E-state index contributed by atoms with van der Waals surface area (Å²) in [6.45, 7) is 0.985. The fourth-order valence-electron chi connectivity index (χ4n) is 4.71. The lowest BCUT2D eigenvalue weighted by molar-refractivity contribution is -0.0589. The van der Waals surface area contributed by atoms with Crippen LogP contribution in [0.15, 0.2) is 60.8 Å². The summed E-state index contributed by atoms with van der Waals surface area (Å²) in [7, 11) is 0. The lowest BCUT2D eigenvalue weighted by Crippen LogP contribution is -2.31. The third-order valence-corrected chi connectivity index (χ3v) is 7.20. The van der Waals surface area contributed by atoms with Crippen molar-refractivity contribution in [2.24, 2.45) is 0 Å². The van der Waals surface area contributed by atoms with E-state index in [1.807, 2.05) is 0 Å². The summed E-state index contributed by atoms with van der Waals surface area (Å²) in [6.07, 6.45) is 1.97. The van der Waals surface area contributed by atoms with Gasteiger partial charge in [-0.3, -0.25) is 0 Å². The fourth-order valence-corrected chi connectivity index (χ4v) is 4.82. The van der Waals surface area contributed by atoms with Gasteiger partial charge in [0, 0.05) is 36.4 Å². The first-order valence-corrected chi connectivity index (χ1v) is 13.3. The predicted molar refractivity (Wildman–Crippen MR) is 147 cm³/mol. The van der Waals surface area contributed by atoms with Gasteiger partial charge in [0.2, 0.25) is 5.88 Å². The molecule has 0 unspecified atom stereocenters. The minimum atomic E-state index is -1.29. The smallest absolute Gasteiger partial charge is 0.335 e. The predicted octanol–water partition coefficient (Wildman–Crippen LogP) is 6.22. The van der Waals surface area contributed by atoms with Crippen LogP contribution in [-0.4, -0.2) is 43.3 Å². The number of carboxylic acids is 1. The Morgan fingerprint density at radius 1 is 1.07 bits per heavy atom. The van der Waals surface area contributed by atoms with E-state index in [0.29, 0.717) is 11.8 Å². The number of halogens is 4. The molecule has 6 rings (SSSR count). The number of rotatable bonds is 9. The van der Waals surface area contributed by atoms with E-state index in [1.54, 1.807) is 35.0 Å². The molecule has 0 aliphatic carbocycles. The molecule has 0 spiro atoms. The highest BCUT2D eigenvalue weighted by Gasteiger charge is 2.25. The first kappa shape index (κ1) is 27.7. The van der Waals surface area contributed by atoms with Gasteiger partial charge < -0.3 is 19.1 Å². The summed E-state index contributed by atoms with van der Waals surface area (Å²) in [4.78, 5) is 24.2. The Labute approximate surface area is 242 Å². The van der Waals surface area contributed by atoms with Crippen LogP contribution in [0, 0.1) is 17.5 Å². The number of aromatic nitrogens is 4. The summed E-state index contributed by atoms with van der Waals surface area (Å²) < 4.78 is 58.4. The molecule has 2 aromatic carbocycles. The molecule has 1 fully saturated rings. The van der Waals surface area contributed by atoms with Gasteiger partial charge in [-0.25, -0.2) is 32.9 Å². The Balaban J connectivity index is 1.29. The van der Waals surface area contributed by atoms with E-state index in [2.05, 4.69) is 15.0 Å². The van der Waals surface area contributed by atoms with Crippen LogP contribution in [-0.2, 0) is 24.3 Å². The lowest BCUT2D eigenvalue weighted by Gasteiger charge is -2.27. The molecule has 42 heavy (non-hydrogen) atoms. The second-order valence-corrected chi connectivity index (χ2v) is 10.2. The van der Waals surface area contributed by atoms with Gasteiger partial charge in [0.25, 0.3) is 0 Å². The minimum Gasteiger partial charge on any atom is -0.478 e. The third-order valence-electron chi connectivity index (χ3n) is 6.97. The average molecular weight is 595 g/mol. The van der Waals surface area contributed by atoms with Crippen LogP contribution in [0.3, 0.4) is 0 Å². The maximum atomic E-state index is 15.4. The van der Waals surface area contributed by atoms with E-state index in [0.717, 1.165) is 30.2 Å². The van der Waals surface area contributed by atoms with Gasteiger partial charge in [-0.2, -0.15) is 0 Å². The molecular weight excluding hydrogens is 573 g/mol. The zero-order chi connectivity index (χ0) is 29.4. The molecule has 1 aliphatic rings. The number of carboxylic acid groups (broad SMARTS) is 1. The van der Waals surface area contributed by atoms with Crippen molar-refractivity contribution in [2.75, 3.05) is 6.61 Å². The number of aromatic carboxylic acids is 1. The van der Waals surface area contributed by atoms with Crippen molar-refractivity contribution in [1.82, 2.24) is 19.5 Å². The highest BCUT2D eigenvalue weighted by Crippen LogP contribution is 2.30. The fraction of sp³-hybridized carbons (Fsp3) is 0.200. The van der Waals surface area contributed by atoms with Crippen molar-refractivity contribution >= 4 is 28.6 Å². The molecule has 0 amide bonds. The second-order valence-electron chi connectivity index (χ2n) is 9.79. The molecule has 214 valence electrons. The third kappa shape index (κ3) is 5.65. The van der Waals surface area contributed by atoms with Crippen molar-refractivity contribution < 1.29 is 32.5 Å². The number of imidazole rings is 1. The topological polar surface area (TPSA) is 99.4 Å². The molecule has 5 aromatic rings. The van der Waals surface area contributed by atoms with E-state index in [-0.39, 0.29) is 70.8 Å². The highest BCUT2D eigenvalue weighted by molar-refractivity contribution is 6.29. The van der Waals surface area contributed by atoms with Crippen LogP contribution >= 0.6 is 11.6 Å². The average Bonchev–Trinajstić information content (AvgIpc) is 3.29. The van der Waals surface area contributed by atoms with E-state index in [1.165, 1.54) is 12.1 Å². The number of fused-ring (bicyclic) bond motifs is 1. The number of carbonyl (C=O) groups is 1. The minimum absolute atomic E-state index is 0.0103. The Kier molecular flexibility index (Phi) is 7.53. The van der Waals surface area contributed by atoms with Gasteiger partial charge in [0.1, 0.15) is 34.7 Å². The molecule has 1 N–H and O–H groups in total. The molecule has 1 saturated heterocycles. The maximum absolute atomic E-state index is 15.4. The van der Waals surface area contributed by atoms with E-state index in [4.69, 9.17) is 21.1 Å². The molecule has 1 atom stereocenters. The van der Waals surface area contributed by atoms with Gasteiger partial charge in [-0.1, -0.05) is 23.7 Å². The van der Waals surface area contributed by atoms with Gasteiger partial charge in [-0.05, 0) is 48.4 Å². The van der Waals surface area contributed by atoms with Gasteiger partial charge >= 0.3 is 5.97 Å². The first-order chi connectivity index (χ1) is 20.2. The Hall–Kier alpha value is -4.48. The zero-order valence-electron chi connectivity index (χ0n) is 21.9. The number of pyridine rings is 2. The first-order valence-electron chi connectivity index (χ1n) is 13.0. The van der Waals surface area contributed by atoms with Crippen molar-refractivity contribution in [3.63, 3.8) is 0 Å². The quantitative estimate of drug-likeness (QED) is 0.202. The Morgan fingerprint density at radius 3 is 2.62 bits per heavy atom. The largest absolute Gasteiger partial charge is 0.478 e. The molecule has 4 heterocycles. The van der Waals surface area contributed by atoms with Gasteiger partial charge in [0.15, 0.2) is 5.82 Å². The van der Waals surface area contributed by atoms with Crippen LogP contribution in [0.2, 0.25) is 5.15 Å². The van der Waals surface area contributed by atoms with Gasteiger partial charge in [0.05, 0.1) is 29.4 Å². The molecular formula is C30H22ClF3N4O4. The molecule has 1 aliphatic heterocycles. The monoisotopic (exact) mass is 594 g/mol. The van der Waals surface area contributed by atoms with E-state index in [9.17, 15) is 14.3 Å². The summed E-state index contributed by atoms with van der Waals surface area (Å²) in [5, 5.41) is 9.75. The molecule has 0 radical (unpaired) electrons. The molecule has 0 saturated carbocycles. The maximum Gasteiger partial charge on any atom is 0.335 e. The van der Waals surface area contributed by atoms with Crippen LogP contribution in [0.5, 0.6) is 5.88 Å². The summed E-state index contributed by atoms with van der Waals surface area (Å²) >= 11 is 5.80. The summed E-state index contributed by atoms with van der Waals surface area (Å²) in [5.41, 5.74) is 0.789. The molecule has 3 aromatic heterocycles. The number of ether oxygens (including phenoxy) is 2. The number of nitrogens with zero attached hydrogens (tertiary/aromatic N) is 4. The zero-order valence-corrected chi connectivity index (χ0v) is 22.6. The van der Waals surface area contributed by atoms with Crippen molar-refractivity contribution in [1.29, 1.82) is 0 Å². The van der Waals surface area contributed by atoms with Crippen LogP contribution in [0.4, 0.5) is 13.2 Å². The standard InChI is InChI=1S/C30H22ClF3N4O4/c31-26-5-4-16(13-35-26)15-42-28-3-1-2-24(36-28)20-12-21(32)17(8-22(20)33)11-27-37-29-23(34)9-18(30(39)40)10-25(29)38(27)14-19-6-7-41-19/h1-5,8-10,12-13,19H,6-7,11,14-15H2,(H,39,40)/t19-/m0/s1. The lowest BCUT2D eigenvalue weighted by atomic mass is 10.0. The number of hydrogen-bond donors (Lipinski definition) is 1. The van der Waals surface area contributed by atoms with Crippen molar-refractivity contribution in [2.45, 2.75) is 32.1 Å². The SMILES string of the molecule is O=C(O)c1cc(F)c2nc(Cc3cc(F)c(-c4cccc(OCc5ccc(Cl)nc5)n4)cc3F)n(C[C@@H]3CCO3)c2c1.